The van der Waals surface area contributed by atoms with Gasteiger partial charge in [-0.15, -0.1) is 0 Å². The van der Waals surface area contributed by atoms with Gasteiger partial charge in [0.2, 0.25) is 0 Å². The van der Waals surface area contributed by atoms with Crippen LogP contribution in [0.1, 0.15) is 38.5 Å². The Hall–Kier alpha value is -1.48. The van der Waals surface area contributed by atoms with Crippen molar-refractivity contribution in [3.63, 3.8) is 0 Å². The van der Waals surface area contributed by atoms with E-state index in [0.29, 0.717) is 6.42 Å². The third-order valence-corrected chi connectivity index (χ3v) is 5.62. The average molecular weight is 560 g/mol. The number of carbonyl (C=O) groups is 2. The highest BCUT2D eigenvalue weighted by atomic mass is 32.2. The van der Waals surface area contributed by atoms with E-state index in [9.17, 15) is 62.9 Å². The minimum absolute atomic E-state index is 0.0461. The molecule has 0 aliphatic rings. The molecule has 0 aromatic heterocycles. The van der Waals surface area contributed by atoms with Gasteiger partial charge in [-0.1, -0.05) is 25.7 Å². The van der Waals surface area contributed by atoms with E-state index in [1.165, 1.54) is 0 Å². The van der Waals surface area contributed by atoms with Crippen LogP contribution in [0.4, 0.5) is 35.1 Å². The molecule has 0 rings (SSSR count). The molecule has 0 heterocycles. The van der Waals surface area contributed by atoms with E-state index < -0.39 is 69.7 Å². The molecule has 0 fully saturated rings. The van der Waals surface area contributed by atoms with Gasteiger partial charge in [0, 0.05) is 0 Å². The fraction of sp³-hybridized carbons (Fsp3) is 0.857. The van der Waals surface area contributed by atoms with Crippen molar-refractivity contribution in [2.75, 3.05) is 13.2 Å². The summed E-state index contributed by atoms with van der Waals surface area (Å²) in [7, 11) is -6.78. The Morgan fingerprint density at radius 3 is 1.50 bits per heavy atom. The molecule has 10 nitrogen and oxygen atoms in total. The Balaban J connectivity index is 4.24. The molecule has 0 aliphatic carbocycles. The van der Waals surface area contributed by atoms with Gasteiger partial charge in [-0.2, -0.15) is 30.7 Å². The standard InChI is InChI=1S/C14H18F8O10S2/c15-11(13(17,18)19,33-32-31-25)9(23)29-7-5-3-1-2-4-6-8-30-10(24)12(16,14(20,21)22)34(26,27)28/h25H,1-8H2,(H,26,27,28)/p-2. The summed E-state index contributed by atoms with van der Waals surface area (Å²) in [4.78, 5) is 22.4. The molecule has 2 unspecified atom stereocenters. The van der Waals surface area contributed by atoms with Crippen molar-refractivity contribution in [2.45, 2.75) is 60.9 Å². The summed E-state index contributed by atoms with van der Waals surface area (Å²) in [5.74, 6) is -5.32. The van der Waals surface area contributed by atoms with E-state index in [-0.39, 0.29) is 32.1 Å². The highest BCUT2D eigenvalue weighted by Crippen LogP contribution is 2.44. The van der Waals surface area contributed by atoms with Crippen molar-refractivity contribution < 1.29 is 81.8 Å². The molecule has 20 heteroatoms. The smallest absolute Gasteiger partial charge is 0.447 e. The molecule has 0 saturated heterocycles. The van der Waals surface area contributed by atoms with Crippen LogP contribution in [-0.2, 0) is 38.6 Å². The van der Waals surface area contributed by atoms with Crippen molar-refractivity contribution in [3.05, 3.63) is 0 Å². The Bertz CT molecular complexity index is 775. The van der Waals surface area contributed by atoms with Gasteiger partial charge in [0.05, 0.1) is 25.3 Å². The van der Waals surface area contributed by atoms with Crippen LogP contribution in [0.15, 0.2) is 0 Å². The lowest BCUT2D eigenvalue weighted by atomic mass is 10.1. The lowest BCUT2D eigenvalue weighted by molar-refractivity contribution is -0.777. The second-order valence-electron chi connectivity index (χ2n) is 6.25. The van der Waals surface area contributed by atoms with E-state index >= 15 is 0 Å². The average Bonchev–Trinajstić information content (AvgIpc) is 2.69. The van der Waals surface area contributed by atoms with Crippen LogP contribution in [0.5, 0.6) is 0 Å². The van der Waals surface area contributed by atoms with Crippen LogP contribution in [0, 0.1) is 0 Å². The van der Waals surface area contributed by atoms with E-state index in [2.05, 4.69) is 18.8 Å². The lowest BCUT2D eigenvalue weighted by Crippen LogP contribution is -2.55. The lowest BCUT2D eigenvalue weighted by Gasteiger charge is -2.27. The van der Waals surface area contributed by atoms with Crippen molar-refractivity contribution in [1.82, 2.24) is 0 Å². The predicted molar refractivity (Wildman–Crippen MR) is 88.9 cm³/mol. The molecule has 0 saturated carbocycles. The van der Waals surface area contributed by atoms with Gasteiger partial charge in [-0.25, -0.2) is 26.8 Å². The summed E-state index contributed by atoms with van der Waals surface area (Å²) in [6.45, 7) is -1.51. The molecular weight excluding hydrogens is 544 g/mol. The van der Waals surface area contributed by atoms with Gasteiger partial charge in [-0.05, 0) is 12.8 Å². The fourth-order valence-corrected chi connectivity index (χ4v) is 2.93. The van der Waals surface area contributed by atoms with E-state index in [4.69, 9.17) is 0 Å². The molecule has 0 aliphatic heterocycles. The van der Waals surface area contributed by atoms with Gasteiger partial charge in [0.1, 0.15) is 0 Å². The van der Waals surface area contributed by atoms with Crippen LogP contribution >= 0.6 is 12.0 Å². The molecule has 34 heavy (non-hydrogen) atoms. The summed E-state index contributed by atoms with van der Waals surface area (Å²) in [5.41, 5.74) is 0. The third-order valence-electron chi connectivity index (χ3n) is 3.78. The molecule has 202 valence electrons. The first-order chi connectivity index (χ1) is 15.4. The Morgan fingerprint density at radius 2 is 1.15 bits per heavy atom. The first-order valence-corrected chi connectivity index (χ1v) is 11.0. The van der Waals surface area contributed by atoms with Crippen molar-refractivity contribution in [2.24, 2.45) is 0 Å². The molecular formula is C14H16F8O10S2-2. The van der Waals surface area contributed by atoms with E-state index in [1.54, 1.807) is 0 Å². The fourth-order valence-electron chi connectivity index (χ4n) is 2.04. The minimum atomic E-state index is -6.78. The number of esters is 2. The number of hydrogen-bond acceptors (Lipinski definition) is 11. The maximum absolute atomic E-state index is 13.7. The molecule has 0 bridgehead atoms. The monoisotopic (exact) mass is 560 g/mol. The normalized spacial score (nSPS) is 16.4. The number of alkyl halides is 8. The predicted octanol–water partition coefficient (Wildman–Crippen LogP) is 2.29. The van der Waals surface area contributed by atoms with Gasteiger partial charge < -0.3 is 19.3 Å². The number of unbranched alkanes of at least 4 members (excludes halogenated alkanes) is 5. The highest BCUT2D eigenvalue weighted by Gasteiger charge is 2.69. The van der Waals surface area contributed by atoms with Gasteiger partial charge >= 0.3 is 34.3 Å². The molecule has 0 radical (unpaired) electrons. The van der Waals surface area contributed by atoms with Crippen molar-refractivity contribution in [1.29, 1.82) is 0 Å². The topological polar surface area (TPSA) is 151 Å². The van der Waals surface area contributed by atoms with E-state index in [1.807, 2.05) is 0 Å². The van der Waals surface area contributed by atoms with Crippen molar-refractivity contribution in [3.8, 4) is 0 Å². The molecule has 0 spiro atoms. The Morgan fingerprint density at radius 1 is 0.735 bits per heavy atom. The first kappa shape index (κ1) is 32.5. The summed E-state index contributed by atoms with van der Waals surface area (Å²) < 4.78 is 145. The molecule has 0 N–H and O–H groups in total. The second kappa shape index (κ2) is 13.0. The summed E-state index contributed by atoms with van der Waals surface area (Å²) >= 11 is -1.25. The minimum Gasteiger partial charge on any atom is -0.745 e. The Kier molecular flexibility index (Phi) is 12.4. The Labute approximate surface area is 190 Å². The summed E-state index contributed by atoms with van der Waals surface area (Å²) in [6, 6.07) is 0. The SMILES string of the molecule is O=C(OCCCCCCCCOC(=O)C(F)(C(F)(F)F)S(=O)(=O)[O-])C(F)(SOO[O-])C(F)(F)F. The molecule has 2 atom stereocenters. The maximum atomic E-state index is 13.7. The first-order valence-electron chi connectivity index (χ1n) is 8.81. The zero-order chi connectivity index (χ0) is 26.8. The van der Waals surface area contributed by atoms with Crippen LogP contribution in [0.25, 0.3) is 0 Å². The maximum Gasteiger partial charge on any atom is 0.447 e. The number of carbonyl (C=O) groups excluding carboxylic acids is 2. The summed E-state index contributed by atoms with van der Waals surface area (Å²) in [6.07, 6.45) is -11.4. The zero-order valence-electron chi connectivity index (χ0n) is 16.6. The van der Waals surface area contributed by atoms with Gasteiger partial charge in [0.25, 0.3) is 0 Å². The quantitative estimate of drug-likeness (QED) is 0.0552. The largest absolute Gasteiger partial charge is 0.745 e. The molecule has 0 aromatic carbocycles. The van der Waals surface area contributed by atoms with Crippen LogP contribution in [-0.4, -0.2) is 60.5 Å². The molecule has 0 aromatic rings. The summed E-state index contributed by atoms with van der Waals surface area (Å²) in [5, 5.41) is 1.65. The van der Waals surface area contributed by atoms with Gasteiger partial charge in [-0.3, -0.25) is 5.04 Å². The number of halogens is 8. The second-order valence-corrected chi connectivity index (χ2v) is 8.59. The van der Waals surface area contributed by atoms with Crippen molar-refractivity contribution >= 4 is 34.1 Å². The number of hydrogen-bond donors (Lipinski definition) is 0. The van der Waals surface area contributed by atoms with Crippen LogP contribution < -0.4 is 5.26 Å². The van der Waals surface area contributed by atoms with E-state index in [0.717, 1.165) is 0 Å². The van der Waals surface area contributed by atoms with Crippen LogP contribution in [0.3, 0.4) is 0 Å². The zero-order valence-corrected chi connectivity index (χ0v) is 18.2. The number of ether oxygens (including phenoxy) is 2. The van der Waals surface area contributed by atoms with Crippen LogP contribution in [0.2, 0.25) is 0 Å². The highest BCUT2D eigenvalue weighted by molar-refractivity contribution is 7.96. The molecule has 0 amide bonds. The van der Waals surface area contributed by atoms with Gasteiger partial charge in [0.15, 0.2) is 10.1 Å². The number of rotatable bonds is 15. The third kappa shape index (κ3) is 8.63.